The van der Waals surface area contributed by atoms with Crippen molar-refractivity contribution in [1.29, 1.82) is 0 Å². The molecule has 84 valence electrons. The molecular formula is C10H13Br2ClN2. The monoisotopic (exact) mass is 354 g/mol. The predicted octanol–water partition coefficient (Wildman–Crippen LogP) is 3.63. The van der Waals surface area contributed by atoms with Crippen LogP contribution in [0.25, 0.3) is 0 Å². The second kappa shape index (κ2) is 5.04. The van der Waals surface area contributed by atoms with Gasteiger partial charge in [0.1, 0.15) is 0 Å². The summed E-state index contributed by atoms with van der Waals surface area (Å²) in [7, 11) is 0. The van der Waals surface area contributed by atoms with Gasteiger partial charge in [0.05, 0.1) is 5.69 Å². The first-order valence-corrected chi connectivity index (χ1v) is 6.18. The summed E-state index contributed by atoms with van der Waals surface area (Å²) in [6.45, 7) is 0. The molecule has 0 amide bonds. The Morgan fingerprint density at radius 1 is 1.27 bits per heavy atom. The minimum atomic E-state index is 0. The number of hydrogen-bond donors (Lipinski definition) is 2. The maximum atomic E-state index is 6.12. The van der Waals surface area contributed by atoms with E-state index in [1.165, 1.54) is 12.8 Å². The van der Waals surface area contributed by atoms with Crippen molar-refractivity contribution in [2.75, 3.05) is 5.73 Å². The molecule has 0 radical (unpaired) electrons. The van der Waals surface area contributed by atoms with Gasteiger partial charge in [-0.3, -0.25) is 0 Å². The van der Waals surface area contributed by atoms with Gasteiger partial charge in [0, 0.05) is 15.0 Å². The number of benzene rings is 1. The molecule has 0 aliphatic heterocycles. The molecule has 0 bridgehead atoms. The van der Waals surface area contributed by atoms with Gasteiger partial charge >= 0.3 is 0 Å². The van der Waals surface area contributed by atoms with E-state index in [0.29, 0.717) is 5.92 Å². The number of nitrogen functional groups attached to an aromatic ring is 1. The van der Waals surface area contributed by atoms with Crippen LogP contribution < -0.4 is 11.5 Å². The first-order valence-electron chi connectivity index (χ1n) is 4.59. The van der Waals surface area contributed by atoms with Crippen LogP contribution in [0.5, 0.6) is 0 Å². The second-order valence-corrected chi connectivity index (χ2v) is 5.52. The first-order chi connectivity index (χ1) is 6.59. The van der Waals surface area contributed by atoms with Crippen LogP contribution in [0.1, 0.15) is 24.4 Å². The van der Waals surface area contributed by atoms with Crippen molar-refractivity contribution < 1.29 is 0 Å². The van der Waals surface area contributed by atoms with E-state index >= 15 is 0 Å². The zero-order chi connectivity index (χ0) is 10.3. The van der Waals surface area contributed by atoms with Gasteiger partial charge in [-0.25, -0.2) is 0 Å². The molecule has 15 heavy (non-hydrogen) atoms. The standard InChI is InChI=1S/C10H12Br2N2.ClH/c11-6-3-7(9(13)5-1-2-5)10(14)8(12)4-6;/h3-5,9H,1-2,13-14H2;1H/t9-;/m0./s1. The second-order valence-electron chi connectivity index (χ2n) is 3.75. The fourth-order valence-corrected chi connectivity index (χ4v) is 2.85. The van der Waals surface area contributed by atoms with Gasteiger partial charge in [-0.15, -0.1) is 12.4 Å². The van der Waals surface area contributed by atoms with Gasteiger partial charge in [-0.1, -0.05) is 15.9 Å². The highest BCUT2D eigenvalue weighted by Gasteiger charge is 2.31. The normalized spacial score (nSPS) is 17.0. The molecule has 0 spiro atoms. The molecule has 1 fully saturated rings. The summed E-state index contributed by atoms with van der Waals surface area (Å²) >= 11 is 6.87. The van der Waals surface area contributed by atoms with Gasteiger partial charge in [-0.2, -0.15) is 0 Å². The zero-order valence-corrected chi connectivity index (χ0v) is 12.0. The molecule has 1 aliphatic rings. The molecule has 0 saturated heterocycles. The highest BCUT2D eigenvalue weighted by Crippen LogP contribution is 2.43. The van der Waals surface area contributed by atoms with Crippen molar-refractivity contribution in [1.82, 2.24) is 0 Å². The third kappa shape index (κ3) is 2.87. The molecule has 1 saturated carbocycles. The molecule has 0 unspecified atom stereocenters. The topological polar surface area (TPSA) is 52.0 Å². The summed E-state index contributed by atoms with van der Waals surface area (Å²) in [5.41, 5.74) is 13.9. The molecule has 0 aromatic heterocycles. The van der Waals surface area contributed by atoms with E-state index in [1.54, 1.807) is 0 Å². The highest BCUT2D eigenvalue weighted by molar-refractivity contribution is 9.11. The quantitative estimate of drug-likeness (QED) is 0.795. The average molecular weight is 356 g/mol. The molecule has 1 aromatic carbocycles. The van der Waals surface area contributed by atoms with E-state index in [1.807, 2.05) is 12.1 Å². The first kappa shape index (κ1) is 13.3. The van der Waals surface area contributed by atoms with E-state index in [4.69, 9.17) is 11.5 Å². The van der Waals surface area contributed by atoms with E-state index in [2.05, 4.69) is 31.9 Å². The van der Waals surface area contributed by atoms with E-state index < -0.39 is 0 Å². The Bertz CT molecular complexity index is 367. The fourth-order valence-electron chi connectivity index (χ4n) is 1.59. The Morgan fingerprint density at radius 3 is 2.40 bits per heavy atom. The highest BCUT2D eigenvalue weighted by atomic mass is 79.9. The molecule has 2 rings (SSSR count). The summed E-state index contributed by atoms with van der Waals surface area (Å²) in [4.78, 5) is 0. The lowest BCUT2D eigenvalue weighted by atomic mass is 10.0. The van der Waals surface area contributed by atoms with Crippen molar-refractivity contribution in [3.63, 3.8) is 0 Å². The average Bonchev–Trinajstić information content (AvgIpc) is 2.93. The summed E-state index contributed by atoms with van der Waals surface area (Å²) in [6, 6.07) is 4.05. The zero-order valence-electron chi connectivity index (χ0n) is 8.04. The van der Waals surface area contributed by atoms with Gasteiger partial charge in [-0.05, 0) is 52.4 Å². The minimum Gasteiger partial charge on any atom is -0.398 e. The van der Waals surface area contributed by atoms with Crippen molar-refractivity contribution in [3.05, 3.63) is 26.6 Å². The molecule has 2 nitrogen and oxygen atoms in total. The van der Waals surface area contributed by atoms with Crippen LogP contribution in [0.15, 0.2) is 21.1 Å². The lowest BCUT2D eigenvalue weighted by molar-refractivity contribution is 0.635. The number of anilines is 1. The number of nitrogens with two attached hydrogens (primary N) is 2. The lowest BCUT2D eigenvalue weighted by Gasteiger charge is -2.15. The van der Waals surface area contributed by atoms with Crippen molar-refractivity contribution >= 4 is 50.0 Å². The van der Waals surface area contributed by atoms with Crippen LogP contribution >= 0.6 is 44.3 Å². The van der Waals surface area contributed by atoms with Crippen LogP contribution in [-0.2, 0) is 0 Å². The van der Waals surface area contributed by atoms with Crippen LogP contribution in [0.2, 0.25) is 0 Å². The Labute approximate surface area is 112 Å². The molecule has 1 atom stereocenters. The fraction of sp³-hybridized carbons (Fsp3) is 0.400. The summed E-state index contributed by atoms with van der Waals surface area (Å²) < 4.78 is 1.93. The maximum absolute atomic E-state index is 6.12. The number of hydrogen-bond acceptors (Lipinski definition) is 2. The Balaban J connectivity index is 0.00000112. The van der Waals surface area contributed by atoms with Crippen molar-refractivity contribution in [2.24, 2.45) is 11.7 Å². The summed E-state index contributed by atoms with van der Waals surface area (Å²) in [5.74, 6) is 0.624. The third-order valence-electron chi connectivity index (χ3n) is 2.62. The summed E-state index contributed by atoms with van der Waals surface area (Å²) in [6.07, 6.45) is 2.45. The maximum Gasteiger partial charge on any atom is 0.0507 e. The Morgan fingerprint density at radius 2 is 1.87 bits per heavy atom. The molecular weight excluding hydrogens is 343 g/mol. The Hall–Kier alpha value is 0.230. The lowest BCUT2D eigenvalue weighted by Crippen LogP contribution is -2.14. The van der Waals surface area contributed by atoms with Crippen LogP contribution in [0.3, 0.4) is 0 Å². The Kier molecular flexibility index (Phi) is 4.47. The number of rotatable bonds is 2. The van der Waals surface area contributed by atoms with Crippen molar-refractivity contribution in [3.8, 4) is 0 Å². The van der Waals surface area contributed by atoms with E-state index in [-0.39, 0.29) is 18.4 Å². The van der Waals surface area contributed by atoms with Crippen LogP contribution in [0.4, 0.5) is 5.69 Å². The van der Waals surface area contributed by atoms with Crippen LogP contribution in [-0.4, -0.2) is 0 Å². The predicted molar refractivity (Wildman–Crippen MR) is 73.2 cm³/mol. The molecule has 1 aromatic rings. The molecule has 4 N–H and O–H groups in total. The smallest absolute Gasteiger partial charge is 0.0507 e. The molecule has 5 heteroatoms. The van der Waals surface area contributed by atoms with Gasteiger partial charge in [0.2, 0.25) is 0 Å². The largest absolute Gasteiger partial charge is 0.398 e. The van der Waals surface area contributed by atoms with Gasteiger partial charge in [0.25, 0.3) is 0 Å². The molecule has 1 aliphatic carbocycles. The van der Waals surface area contributed by atoms with Crippen molar-refractivity contribution in [2.45, 2.75) is 18.9 Å². The minimum absolute atomic E-state index is 0. The third-order valence-corrected chi connectivity index (χ3v) is 3.73. The van der Waals surface area contributed by atoms with Crippen LogP contribution in [0, 0.1) is 5.92 Å². The van der Waals surface area contributed by atoms with E-state index in [9.17, 15) is 0 Å². The SMILES string of the molecule is Cl.Nc1c(Br)cc(Br)cc1[C@@H](N)C1CC1. The van der Waals surface area contributed by atoms with Gasteiger partial charge in [0.15, 0.2) is 0 Å². The van der Waals surface area contributed by atoms with Gasteiger partial charge < -0.3 is 11.5 Å². The molecule has 0 heterocycles. The van der Waals surface area contributed by atoms with E-state index in [0.717, 1.165) is 20.2 Å². The number of halogens is 3. The summed E-state index contributed by atoms with van der Waals surface area (Å²) in [5, 5.41) is 0.